The number of rotatable bonds is 6. The predicted molar refractivity (Wildman–Crippen MR) is 82.3 cm³/mol. The van der Waals surface area contributed by atoms with Gasteiger partial charge in [-0.25, -0.2) is 0 Å². The first kappa shape index (κ1) is 15.5. The normalized spacial score (nSPS) is 12.1. The molecular weight excluding hydrogens is 340 g/mol. The second-order valence-corrected chi connectivity index (χ2v) is 5.65. The number of hydrogen-bond donors (Lipinski definition) is 2. The van der Waals surface area contributed by atoms with Crippen LogP contribution in [-0.4, -0.2) is 32.5 Å². The Hall–Kier alpha value is -1.93. The van der Waals surface area contributed by atoms with E-state index >= 15 is 0 Å². The van der Waals surface area contributed by atoms with E-state index in [0.717, 1.165) is 21.9 Å². The molecule has 1 unspecified atom stereocenters. The Kier molecular flexibility index (Phi) is 4.92. The van der Waals surface area contributed by atoms with Gasteiger partial charge in [-0.15, -0.1) is 0 Å². The van der Waals surface area contributed by atoms with Crippen molar-refractivity contribution in [2.45, 2.75) is 19.6 Å². The number of aliphatic hydroxyl groups excluding tert-OH is 1. The van der Waals surface area contributed by atoms with Crippen LogP contribution in [0.4, 0.5) is 11.4 Å². The monoisotopic (exact) mass is 354 g/mol. The number of hydrogen-bond acceptors (Lipinski definition) is 5. The van der Waals surface area contributed by atoms with Crippen LogP contribution in [0.1, 0.15) is 5.56 Å². The van der Waals surface area contributed by atoms with Crippen LogP contribution < -0.4 is 5.32 Å². The summed E-state index contributed by atoms with van der Waals surface area (Å²) in [6, 6.07) is 5.87. The Balaban J connectivity index is 1.89. The molecule has 1 aromatic heterocycles. The van der Waals surface area contributed by atoms with Crippen LogP contribution in [0.3, 0.4) is 0 Å². The summed E-state index contributed by atoms with van der Waals surface area (Å²) < 4.78 is 2.32. The van der Waals surface area contributed by atoms with Crippen molar-refractivity contribution in [1.29, 1.82) is 0 Å². The third-order valence-electron chi connectivity index (χ3n) is 2.81. The Bertz CT molecular complexity index is 624. The molecule has 0 aliphatic rings. The predicted octanol–water partition coefficient (Wildman–Crippen LogP) is 2.34. The molecule has 1 aromatic carbocycles. The second kappa shape index (κ2) is 6.68. The standard InChI is InChI=1S/C13H15BrN4O3/c1-9-2-10(14)4-11(3-9)15-6-13(19)8-17-7-12(5-16-17)18(20)21/h2-5,7,13,15,19H,6,8H2,1H3. The molecule has 8 heteroatoms. The molecular formula is C13H15BrN4O3. The van der Waals surface area contributed by atoms with Crippen molar-refractivity contribution in [2.75, 3.05) is 11.9 Å². The summed E-state index contributed by atoms with van der Waals surface area (Å²) in [6.07, 6.45) is 1.76. The second-order valence-electron chi connectivity index (χ2n) is 4.73. The lowest BCUT2D eigenvalue weighted by Crippen LogP contribution is -2.25. The van der Waals surface area contributed by atoms with E-state index in [2.05, 4.69) is 26.3 Å². The average molecular weight is 355 g/mol. The number of aromatic nitrogens is 2. The summed E-state index contributed by atoms with van der Waals surface area (Å²) >= 11 is 3.41. The molecule has 112 valence electrons. The molecule has 0 radical (unpaired) electrons. The maximum absolute atomic E-state index is 10.5. The topological polar surface area (TPSA) is 93.2 Å². The quantitative estimate of drug-likeness (QED) is 0.613. The number of halogens is 1. The molecule has 2 N–H and O–H groups in total. The van der Waals surface area contributed by atoms with E-state index in [-0.39, 0.29) is 12.2 Å². The van der Waals surface area contributed by atoms with Crippen LogP contribution in [0.15, 0.2) is 35.1 Å². The maximum atomic E-state index is 10.5. The first-order valence-electron chi connectivity index (χ1n) is 6.30. The summed E-state index contributed by atoms with van der Waals surface area (Å²) in [4.78, 5) is 10.0. The molecule has 0 aliphatic carbocycles. The molecule has 7 nitrogen and oxygen atoms in total. The number of nitro groups is 1. The number of benzene rings is 1. The molecule has 2 aromatic rings. The van der Waals surface area contributed by atoms with Crippen LogP contribution in [-0.2, 0) is 6.54 Å². The largest absolute Gasteiger partial charge is 0.389 e. The lowest BCUT2D eigenvalue weighted by molar-refractivity contribution is -0.385. The Morgan fingerprint density at radius 3 is 2.90 bits per heavy atom. The van der Waals surface area contributed by atoms with Crippen molar-refractivity contribution >= 4 is 27.3 Å². The van der Waals surface area contributed by atoms with Crippen molar-refractivity contribution in [3.05, 3.63) is 50.7 Å². The van der Waals surface area contributed by atoms with Gasteiger partial charge in [-0.3, -0.25) is 14.8 Å². The average Bonchev–Trinajstić information content (AvgIpc) is 2.84. The minimum absolute atomic E-state index is 0.0854. The number of nitrogens with one attached hydrogen (secondary N) is 1. The van der Waals surface area contributed by atoms with Gasteiger partial charge in [0.2, 0.25) is 0 Å². The van der Waals surface area contributed by atoms with E-state index in [1.165, 1.54) is 10.9 Å². The van der Waals surface area contributed by atoms with E-state index < -0.39 is 11.0 Å². The zero-order valence-corrected chi connectivity index (χ0v) is 12.9. The number of nitrogens with zero attached hydrogens (tertiary/aromatic N) is 3. The number of aliphatic hydroxyl groups is 1. The highest BCUT2D eigenvalue weighted by Gasteiger charge is 2.11. The minimum Gasteiger partial charge on any atom is -0.389 e. The SMILES string of the molecule is Cc1cc(Br)cc(NCC(O)Cn2cc([N+](=O)[O-])cn2)c1. The molecule has 0 fully saturated rings. The smallest absolute Gasteiger partial charge is 0.306 e. The Labute approximate surface area is 129 Å². The summed E-state index contributed by atoms with van der Waals surface area (Å²) in [5.41, 5.74) is 1.91. The summed E-state index contributed by atoms with van der Waals surface area (Å²) in [5, 5.41) is 27.5. The number of anilines is 1. The van der Waals surface area contributed by atoms with E-state index in [1.54, 1.807) is 0 Å². The van der Waals surface area contributed by atoms with E-state index in [1.807, 2.05) is 25.1 Å². The van der Waals surface area contributed by atoms with Gasteiger partial charge in [0.25, 0.3) is 0 Å². The van der Waals surface area contributed by atoms with Crippen molar-refractivity contribution in [3.63, 3.8) is 0 Å². The van der Waals surface area contributed by atoms with Crippen molar-refractivity contribution < 1.29 is 10.0 Å². The van der Waals surface area contributed by atoms with Gasteiger partial charge in [0.15, 0.2) is 0 Å². The van der Waals surface area contributed by atoms with Crippen LogP contribution >= 0.6 is 15.9 Å². The first-order chi connectivity index (χ1) is 9.94. The summed E-state index contributed by atoms with van der Waals surface area (Å²) in [5.74, 6) is 0. The van der Waals surface area contributed by atoms with Gasteiger partial charge in [-0.1, -0.05) is 15.9 Å². The highest BCUT2D eigenvalue weighted by molar-refractivity contribution is 9.10. The van der Waals surface area contributed by atoms with E-state index in [4.69, 9.17) is 0 Å². The molecule has 0 saturated carbocycles. The highest BCUT2D eigenvalue weighted by Crippen LogP contribution is 2.19. The lowest BCUT2D eigenvalue weighted by atomic mass is 10.2. The fraction of sp³-hybridized carbons (Fsp3) is 0.308. The molecule has 0 aliphatic heterocycles. The zero-order valence-electron chi connectivity index (χ0n) is 11.4. The van der Waals surface area contributed by atoms with Gasteiger partial charge >= 0.3 is 5.69 Å². The van der Waals surface area contributed by atoms with Gasteiger partial charge < -0.3 is 10.4 Å². The molecule has 0 bridgehead atoms. The van der Waals surface area contributed by atoms with Gasteiger partial charge in [-0.2, -0.15) is 5.10 Å². The van der Waals surface area contributed by atoms with Gasteiger partial charge in [0, 0.05) is 16.7 Å². The number of aryl methyl sites for hydroxylation is 1. The van der Waals surface area contributed by atoms with Crippen LogP contribution in [0.5, 0.6) is 0 Å². The summed E-state index contributed by atoms with van der Waals surface area (Å²) in [7, 11) is 0. The molecule has 1 atom stereocenters. The molecule has 0 saturated heterocycles. The van der Waals surface area contributed by atoms with E-state index in [0.29, 0.717) is 6.54 Å². The molecule has 2 rings (SSSR count). The minimum atomic E-state index is -0.705. The fourth-order valence-corrected chi connectivity index (χ4v) is 2.51. The summed E-state index contributed by atoms with van der Waals surface area (Å²) in [6.45, 7) is 2.49. The van der Waals surface area contributed by atoms with Gasteiger partial charge in [0.05, 0.1) is 17.6 Å². The van der Waals surface area contributed by atoms with Crippen molar-refractivity contribution in [1.82, 2.24) is 9.78 Å². The highest BCUT2D eigenvalue weighted by atomic mass is 79.9. The molecule has 1 heterocycles. The third kappa shape index (κ3) is 4.54. The van der Waals surface area contributed by atoms with Crippen LogP contribution in [0.2, 0.25) is 0 Å². The maximum Gasteiger partial charge on any atom is 0.306 e. The third-order valence-corrected chi connectivity index (χ3v) is 3.27. The van der Waals surface area contributed by atoms with Gasteiger partial charge in [-0.05, 0) is 30.7 Å². The Morgan fingerprint density at radius 2 is 2.29 bits per heavy atom. The Morgan fingerprint density at radius 1 is 1.52 bits per heavy atom. The molecule has 0 spiro atoms. The first-order valence-corrected chi connectivity index (χ1v) is 7.09. The fourth-order valence-electron chi connectivity index (χ4n) is 1.90. The molecule has 21 heavy (non-hydrogen) atoms. The van der Waals surface area contributed by atoms with Crippen molar-refractivity contribution in [3.8, 4) is 0 Å². The molecule has 0 amide bonds. The van der Waals surface area contributed by atoms with E-state index in [9.17, 15) is 15.2 Å². The van der Waals surface area contributed by atoms with Crippen LogP contribution in [0, 0.1) is 17.0 Å². The van der Waals surface area contributed by atoms with Crippen molar-refractivity contribution in [2.24, 2.45) is 0 Å². The lowest BCUT2D eigenvalue weighted by Gasteiger charge is -2.13. The van der Waals surface area contributed by atoms with Gasteiger partial charge in [0.1, 0.15) is 12.4 Å². The van der Waals surface area contributed by atoms with Crippen LogP contribution in [0.25, 0.3) is 0 Å². The zero-order chi connectivity index (χ0) is 15.4.